The average molecular weight is 747 g/mol. The van der Waals surface area contributed by atoms with Gasteiger partial charge in [0.25, 0.3) is 5.56 Å². The highest BCUT2D eigenvalue weighted by atomic mass is 19.4. The molecule has 54 heavy (non-hydrogen) atoms. The van der Waals surface area contributed by atoms with Crippen molar-refractivity contribution in [2.45, 2.75) is 70.3 Å². The maximum atomic E-state index is 14.3. The summed E-state index contributed by atoms with van der Waals surface area (Å²) in [5.41, 5.74) is 0.772. The van der Waals surface area contributed by atoms with Crippen LogP contribution in [0.2, 0.25) is 0 Å². The Labute approximate surface area is 308 Å². The summed E-state index contributed by atoms with van der Waals surface area (Å²) >= 11 is 0. The van der Waals surface area contributed by atoms with Crippen molar-refractivity contribution >= 4 is 22.8 Å². The highest BCUT2D eigenvalue weighted by molar-refractivity contribution is 5.88. The van der Waals surface area contributed by atoms with E-state index in [-0.39, 0.29) is 54.5 Å². The van der Waals surface area contributed by atoms with Crippen molar-refractivity contribution in [3.05, 3.63) is 135 Å². The maximum Gasteiger partial charge on any atom is 0.416 e. The van der Waals surface area contributed by atoms with Gasteiger partial charge in [0.05, 0.1) is 22.9 Å². The second-order valence-electron chi connectivity index (χ2n) is 14.1. The molecular weight excluding hydrogens is 707 g/mol. The minimum absolute atomic E-state index is 0.110. The number of carboxylic acid groups (broad SMARTS) is 1. The van der Waals surface area contributed by atoms with Crippen molar-refractivity contribution in [2.24, 2.45) is 0 Å². The van der Waals surface area contributed by atoms with Crippen molar-refractivity contribution in [1.29, 1.82) is 0 Å². The Bertz CT molecular complexity index is 2210. The van der Waals surface area contributed by atoms with Crippen LogP contribution in [0.4, 0.5) is 22.0 Å². The van der Waals surface area contributed by atoms with Crippen molar-refractivity contribution < 1.29 is 36.6 Å². The lowest BCUT2D eigenvalue weighted by Crippen LogP contribution is -2.56. The normalized spacial score (nSPS) is 14.4. The van der Waals surface area contributed by atoms with Gasteiger partial charge in [-0.15, -0.1) is 0 Å². The van der Waals surface area contributed by atoms with Gasteiger partial charge in [-0.1, -0.05) is 60.7 Å². The number of carbonyl (C=O) groups excluding carboxylic acids is 1. The van der Waals surface area contributed by atoms with Gasteiger partial charge in [0, 0.05) is 32.1 Å². The predicted octanol–water partition coefficient (Wildman–Crippen LogP) is 7.57. The first-order valence-corrected chi connectivity index (χ1v) is 17.6. The van der Waals surface area contributed by atoms with Gasteiger partial charge in [-0.05, 0) is 85.2 Å². The second kappa shape index (κ2) is 15.5. The number of benzene rings is 4. The number of halogens is 5. The van der Waals surface area contributed by atoms with Gasteiger partial charge in [-0.25, -0.2) is 8.78 Å². The predicted molar refractivity (Wildman–Crippen MR) is 194 cm³/mol. The Morgan fingerprint density at radius 3 is 2.11 bits per heavy atom. The molecule has 1 saturated heterocycles. The Kier molecular flexibility index (Phi) is 11.0. The summed E-state index contributed by atoms with van der Waals surface area (Å²) in [4.78, 5) is 50.5. The first kappa shape index (κ1) is 38.3. The SMILES string of the molecule is CC(C)(C(=O)O)N1CCC(N(Cc2ccc(-c3ccc(C(F)(F)F)cc3)cc2)C(=O)Cc2cccc3[nH]c(CCc4cccc(F)c4F)nc(=O)c23)CC1. The molecule has 1 amide bonds. The summed E-state index contributed by atoms with van der Waals surface area (Å²) < 4.78 is 67.2. The van der Waals surface area contributed by atoms with E-state index >= 15 is 0 Å². The minimum atomic E-state index is -4.44. The van der Waals surface area contributed by atoms with E-state index < -0.39 is 40.4 Å². The molecule has 1 fully saturated rings. The van der Waals surface area contributed by atoms with Crippen LogP contribution in [-0.2, 0) is 41.6 Å². The molecular formula is C41H39F5N4O4. The van der Waals surface area contributed by atoms with E-state index in [9.17, 15) is 41.4 Å². The van der Waals surface area contributed by atoms with E-state index in [0.717, 1.165) is 23.8 Å². The molecule has 0 saturated carbocycles. The molecule has 1 aliphatic rings. The fraction of sp³-hybridized carbons (Fsp3) is 0.317. The van der Waals surface area contributed by atoms with E-state index in [4.69, 9.17) is 0 Å². The summed E-state index contributed by atoms with van der Waals surface area (Å²) in [6, 6.07) is 20.9. The van der Waals surface area contributed by atoms with Crippen LogP contribution < -0.4 is 5.56 Å². The molecule has 13 heteroatoms. The molecule has 0 unspecified atom stereocenters. The van der Waals surface area contributed by atoms with Gasteiger partial charge in [0.15, 0.2) is 11.6 Å². The van der Waals surface area contributed by atoms with Gasteiger partial charge in [0.2, 0.25) is 5.91 Å². The topological polar surface area (TPSA) is 107 Å². The summed E-state index contributed by atoms with van der Waals surface area (Å²) in [5, 5.41) is 10.0. The Balaban J connectivity index is 1.24. The number of nitrogens with one attached hydrogen (secondary N) is 1. The fourth-order valence-corrected chi connectivity index (χ4v) is 6.99. The van der Waals surface area contributed by atoms with E-state index in [1.54, 1.807) is 49.1 Å². The molecule has 6 rings (SSSR count). The molecule has 5 aromatic rings. The standard InChI is InChI=1S/C41H39F5N4O4/c1-40(2,39(53)54)49-21-19-31(20-22-49)50(24-25-9-11-26(12-10-25)27-13-16-30(17-14-27)41(44,45)46)35(51)23-29-6-4-8-33-36(29)38(52)48-34(47-33)18-15-28-5-3-7-32(42)37(28)43/h3-14,16-17,31H,15,18-24H2,1-2H3,(H,53,54)(H,47,48,52). The van der Waals surface area contributed by atoms with Gasteiger partial charge in [0.1, 0.15) is 11.4 Å². The molecule has 0 spiro atoms. The highest BCUT2D eigenvalue weighted by Gasteiger charge is 2.38. The Morgan fingerprint density at radius 2 is 1.48 bits per heavy atom. The number of aliphatic carboxylic acids is 1. The molecule has 4 aromatic carbocycles. The van der Waals surface area contributed by atoms with Crippen LogP contribution in [-0.4, -0.2) is 61.4 Å². The third kappa shape index (κ3) is 8.36. The fourth-order valence-electron chi connectivity index (χ4n) is 6.99. The van der Waals surface area contributed by atoms with Crippen LogP contribution in [0.25, 0.3) is 22.0 Å². The van der Waals surface area contributed by atoms with Crippen molar-refractivity contribution in [2.75, 3.05) is 13.1 Å². The molecule has 0 atom stereocenters. The number of rotatable bonds is 11. The molecule has 0 radical (unpaired) electrons. The zero-order valence-electron chi connectivity index (χ0n) is 29.7. The monoisotopic (exact) mass is 746 g/mol. The number of fused-ring (bicyclic) bond motifs is 1. The van der Waals surface area contributed by atoms with E-state index in [1.165, 1.54) is 24.3 Å². The first-order valence-electron chi connectivity index (χ1n) is 17.6. The number of nitrogens with zero attached hydrogens (tertiary/aromatic N) is 3. The second-order valence-corrected chi connectivity index (χ2v) is 14.1. The van der Waals surface area contributed by atoms with Gasteiger partial charge in [-0.2, -0.15) is 18.2 Å². The first-order chi connectivity index (χ1) is 25.6. The number of alkyl halides is 3. The summed E-state index contributed by atoms with van der Waals surface area (Å²) in [5.74, 6) is -2.81. The summed E-state index contributed by atoms with van der Waals surface area (Å²) in [7, 11) is 0. The number of amides is 1. The molecule has 0 bridgehead atoms. The third-order valence-electron chi connectivity index (χ3n) is 10.3. The minimum Gasteiger partial charge on any atom is -0.480 e. The van der Waals surface area contributed by atoms with Crippen molar-refractivity contribution in [3.63, 3.8) is 0 Å². The van der Waals surface area contributed by atoms with E-state index in [1.807, 2.05) is 17.0 Å². The largest absolute Gasteiger partial charge is 0.480 e. The molecule has 0 aliphatic carbocycles. The van der Waals surface area contributed by atoms with Gasteiger partial charge in [-0.3, -0.25) is 19.3 Å². The summed E-state index contributed by atoms with van der Waals surface area (Å²) in [6.45, 7) is 4.39. The van der Waals surface area contributed by atoms with Crippen LogP contribution in [0.5, 0.6) is 0 Å². The molecule has 1 aromatic heterocycles. The number of hydrogen-bond acceptors (Lipinski definition) is 5. The molecule has 1 aliphatic heterocycles. The number of piperidine rings is 1. The lowest BCUT2D eigenvalue weighted by atomic mass is 9.94. The third-order valence-corrected chi connectivity index (χ3v) is 10.3. The number of likely N-dealkylation sites (tertiary alicyclic amines) is 1. The van der Waals surface area contributed by atoms with Crippen LogP contribution in [0.1, 0.15) is 54.8 Å². The molecule has 282 valence electrons. The van der Waals surface area contributed by atoms with Gasteiger partial charge >= 0.3 is 12.1 Å². The van der Waals surface area contributed by atoms with Crippen LogP contribution in [0.15, 0.2) is 89.7 Å². The van der Waals surface area contributed by atoms with Crippen molar-refractivity contribution in [3.8, 4) is 11.1 Å². The summed E-state index contributed by atoms with van der Waals surface area (Å²) in [6.07, 6.45) is -3.28. The number of carboxylic acids is 1. The zero-order chi connectivity index (χ0) is 38.8. The van der Waals surface area contributed by atoms with Crippen LogP contribution >= 0.6 is 0 Å². The molecule has 8 nitrogen and oxygen atoms in total. The number of aryl methyl sites for hydroxylation is 2. The van der Waals surface area contributed by atoms with Crippen molar-refractivity contribution in [1.82, 2.24) is 19.8 Å². The maximum absolute atomic E-state index is 14.3. The number of carbonyl (C=O) groups is 2. The Morgan fingerprint density at radius 1 is 0.870 bits per heavy atom. The number of aromatic nitrogens is 2. The lowest BCUT2D eigenvalue weighted by molar-refractivity contribution is -0.151. The van der Waals surface area contributed by atoms with Crippen LogP contribution in [0.3, 0.4) is 0 Å². The number of H-pyrrole nitrogens is 1. The zero-order valence-corrected chi connectivity index (χ0v) is 29.7. The number of aromatic amines is 1. The lowest BCUT2D eigenvalue weighted by Gasteiger charge is -2.43. The smallest absolute Gasteiger partial charge is 0.416 e. The molecule has 2 heterocycles. The average Bonchev–Trinajstić information content (AvgIpc) is 3.14. The van der Waals surface area contributed by atoms with E-state index in [2.05, 4.69) is 9.97 Å². The quantitative estimate of drug-likeness (QED) is 0.135. The number of hydrogen-bond donors (Lipinski definition) is 2. The Hall–Kier alpha value is -5.43. The van der Waals surface area contributed by atoms with Gasteiger partial charge < -0.3 is 15.0 Å². The highest BCUT2D eigenvalue weighted by Crippen LogP contribution is 2.32. The van der Waals surface area contributed by atoms with Crippen LogP contribution in [0, 0.1) is 11.6 Å². The molecule has 2 N–H and O–H groups in total. The van der Waals surface area contributed by atoms with E-state index in [0.29, 0.717) is 48.1 Å².